The highest BCUT2D eigenvalue weighted by Crippen LogP contribution is 2.36. The van der Waals surface area contributed by atoms with Crippen molar-refractivity contribution in [2.75, 3.05) is 6.54 Å². The van der Waals surface area contributed by atoms with E-state index in [1.165, 1.54) is 0 Å². The van der Waals surface area contributed by atoms with Crippen molar-refractivity contribution in [2.24, 2.45) is 11.1 Å². The minimum absolute atomic E-state index is 0.0189. The van der Waals surface area contributed by atoms with Gasteiger partial charge in [0.2, 0.25) is 0 Å². The van der Waals surface area contributed by atoms with E-state index in [4.69, 9.17) is 5.73 Å². The molecular formula is C13H17F3N2O. The van der Waals surface area contributed by atoms with Gasteiger partial charge in [-0.3, -0.25) is 9.78 Å². The van der Waals surface area contributed by atoms with Gasteiger partial charge in [-0.2, -0.15) is 13.2 Å². The highest BCUT2D eigenvalue weighted by molar-refractivity contribution is 6.01. The number of aromatic nitrogens is 1. The Morgan fingerprint density at radius 2 is 1.89 bits per heavy atom. The molecule has 0 atom stereocenters. The maximum atomic E-state index is 12.9. The second-order valence-corrected chi connectivity index (χ2v) is 4.44. The van der Waals surface area contributed by atoms with Gasteiger partial charge < -0.3 is 5.73 Å². The number of hydrogen-bond acceptors (Lipinski definition) is 3. The van der Waals surface area contributed by atoms with Crippen molar-refractivity contribution >= 4 is 5.78 Å². The second kappa shape index (κ2) is 5.69. The Morgan fingerprint density at radius 1 is 1.32 bits per heavy atom. The fourth-order valence-corrected chi connectivity index (χ4v) is 2.06. The Labute approximate surface area is 110 Å². The van der Waals surface area contributed by atoms with Crippen LogP contribution in [-0.4, -0.2) is 17.3 Å². The Hall–Kier alpha value is -1.43. The van der Waals surface area contributed by atoms with Gasteiger partial charge in [0.15, 0.2) is 5.78 Å². The molecule has 0 unspecified atom stereocenters. The van der Waals surface area contributed by atoms with Crippen LogP contribution < -0.4 is 5.73 Å². The van der Waals surface area contributed by atoms with Gasteiger partial charge >= 0.3 is 6.18 Å². The van der Waals surface area contributed by atoms with E-state index >= 15 is 0 Å². The lowest BCUT2D eigenvalue weighted by atomic mass is 9.75. The molecule has 6 heteroatoms. The van der Waals surface area contributed by atoms with Crippen molar-refractivity contribution in [3.8, 4) is 0 Å². The molecule has 0 aliphatic rings. The molecule has 0 saturated carbocycles. The van der Waals surface area contributed by atoms with E-state index in [2.05, 4.69) is 4.98 Å². The third-order valence-electron chi connectivity index (χ3n) is 3.60. The second-order valence-electron chi connectivity index (χ2n) is 4.44. The first-order valence-electron chi connectivity index (χ1n) is 6.08. The zero-order valence-corrected chi connectivity index (χ0v) is 10.9. The number of carbonyl (C=O) groups excluding carboxylic acids is 1. The predicted molar refractivity (Wildman–Crippen MR) is 65.6 cm³/mol. The Morgan fingerprint density at radius 3 is 2.32 bits per heavy atom. The van der Waals surface area contributed by atoms with E-state index in [1.807, 2.05) is 0 Å². The van der Waals surface area contributed by atoms with Crippen LogP contribution >= 0.6 is 0 Å². The molecule has 0 fully saturated rings. The number of hydrogen-bond donors (Lipinski definition) is 1. The van der Waals surface area contributed by atoms with Crippen LogP contribution in [0.1, 0.15) is 42.6 Å². The molecule has 2 N–H and O–H groups in total. The molecule has 0 bridgehead atoms. The van der Waals surface area contributed by atoms with Crippen LogP contribution in [0.4, 0.5) is 13.2 Å². The van der Waals surface area contributed by atoms with Crippen molar-refractivity contribution < 1.29 is 18.0 Å². The van der Waals surface area contributed by atoms with Crippen LogP contribution in [0.25, 0.3) is 0 Å². The Bertz CT molecular complexity index is 445. The van der Waals surface area contributed by atoms with Gasteiger partial charge in [-0.1, -0.05) is 13.8 Å². The summed E-state index contributed by atoms with van der Waals surface area (Å²) in [5.74, 6) is -0.583. The summed E-state index contributed by atoms with van der Waals surface area (Å²) in [6.45, 7) is 3.51. The van der Waals surface area contributed by atoms with Gasteiger partial charge in [0.05, 0.1) is 5.56 Å². The molecule has 0 aliphatic carbocycles. The number of halogens is 3. The van der Waals surface area contributed by atoms with Crippen LogP contribution in [0.3, 0.4) is 0 Å². The number of nitrogens with two attached hydrogens (primary N) is 1. The Kier molecular flexibility index (Phi) is 4.68. The molecule has 0 aliphatic heterocycles. The maximum absolute atomic E-state index is 12.9. The molecule has 0 radical (unpaired) electrons. The van der Waals surface area contributed by atoms with Crippen LogP contribution in [0.15, 0.2) is 18.5 Å². The molecule has 3 nitrogen and oxygen atoms in total. The number of pyridine rings is 1. The molecule has 1 heterocycles. The summed E-state index contributed by atoms with van der Waals surface area (Å²) in [7, 11) is 0. The van der Waals surface area contributed by atoms with Gasteiger partial charge in [-0.05, 0) is 18.9 Å². The summed E-state index contributed by atoms with van der Waals surface area (Å²) in [5, 5.41) is 0. The monoisotopic (exact) mass is 274 g/mol. The lowest BCUT2D eigenvalue weighted by Crippen LogP contribution is -2.38. The number of alkyl halides is 3. The Balaban J connectivity index is 3.35. The van der Waals surface area contributed by atoms with Crippen LogP contribution in [0.2, 0.25) is 0 Å². The zero-order chi connectivity index (χ0) is 14.7. The highest BCUT2D eigenvalue weighted by atomic mass is 19.4. The SMILES string of the molecule is CCC(CC)(CN)C(=O)c1cnccc1C(F)(F)F. The number of rotatable bonds is 5. The van der Waals surface area contributed by atoms with Gasteiger partial charge in [-0.25, -0.2) is 0 Å². The predicted octanol–water partition coefficient (Wildman–Crippen LogP) is 3.05. The number of nitrogens with zero attached hydrogens (tertiary/aromatic N) is 1. The van der Waals surface area contributed by atoms with Crippen molar-refractivity contribution in [3.05, 3.63) is 29.6 Å². The van der Waals surface area contributed by atoms with Crippen molar-refractivity contribution in [1.82, 2.24) is 4.98 Å². The van der Waals surface area contributed by atoms with Crippen LogP contribution in [0.5, 0.6) is 0 Å². The average molecular weight is 274 g/mol. The zero-order valence-electron chi connectivity index (χ0n) is 10.9. The largest absolute Gasteiger partial charge is 0.417 e. The minimum atomic E-state index is -4.57. The van der Waals surface area contributed by atoms with Crippen molar-refractivity contribution in [3.63, 3.8) is 0 Å². The highest BCUT2D eigenvalue weighted by Gasteiger charge is 2.41. The summed E-state index contributed by atoms with van der Waals surface area (Å²) in [6.07, 6.45) is -1.78. The van der Waals surface area contributed by atoms with E-state index < -0.39 is 28.5 Å². The first-order valence-corrected chi connectivity index (χ1v) is 6.08. The molecule has 1 aromatic rings. The van der Waals surface area contributed by atoms with E-state index in [-0.39, 0.29) is 6.54 Å². The lowest BCUT2D eigenvalue weighted by Gasteiger charge is -2.29. The van der Waals surface area contributed by atoms with Gasteiger partial charge in [0.25, 0.3) is 0 Å². The molecule has 0 spiro atoms. The fraction of sp³-hybridized carbons (Fsp3) is 0.538. The first-order chi connectivity index (χ1) is 8.82. The van der Waals surface area contributed by atoms with E-state index in [0.717, 1.165) is 18.5 Å². The van der Waals surface area contributed by atoms with E-state index in [1.54, 1.807) is 13.8 Å². The fourth-order valence-electron chi connectivity index (χ4n) is 2.06. The lowest BCUT2D eigenvalue weighted by molar-refractivity contribution is -0.138. The van der Waals surface area contributed by atoms with Crippen molar-refractivity contribution in [1.29, 1.82) is 0 Å². The van der Waals surface area contributed by atoms with Gasteiger partial charge in [0, 0.05) is 29.9 Å². The van der Waals surface area contributed by atoms with E-state index in [9.17, 15) is 18.0 Å². The standard InChI is InChI=1S/C13H17F3N2O/c1-3-12(4-2,8-17)11(19)9-7-18-6-5-10(9)13(14,15)16/h5-7H,3-4,8,17H2,1-2H3. The minimum Gasteiger partial charge on any atom is -0.329 e. The first kappa shape index (κ1) is 15.6. The molecular weight excluding hydrogens is 257 g/mol. The molecule has 0 aromatic carbocycles. The summed E-state index contributed by atoms with van der Waals surface area (Å²) in [4.78, 5) is 16.0. The molecule has 1 rings (SSSR count). The molecule has 19 heavy (non-hydrogen) atoms. The summed E-state index contributed by atoms with van der Waals surface area (Å²) in [5.41, 5.74) is 3.30. The maximum Gasteiger partial charge on any atom is 0.417 e. The quantitative estimate of drug-likeness (QED) is 0.839. The van der Waals surface area contributed by atoms with Gasteiger partial charge in [0.1, 0.15) is 0 Å². The summed E-state index contributed by atoms with van der Waals surface area (Å²) < 4.78 is 38.7. The number of ketones is 1. The van der Waals surface area contributed by atoms with Gasteiger partial charge in [-0.15, -0.1) is 0 Å². The van der Waals surface area contributed by atoms with Crippen LogP contribution in [-0.2, 0) is 6.18 Å². The molecule has 106 valence electrons. The normalized spacial score (nSPS) is 12.5. The average Bonchev–Trinajstić information content (AvgIpc) is 2.40. The number of carbonyl (C=O) groups is 1. The topological polar surface area (TPSA) is 56.0 Å². The van der Waals surface area contributed by atoms with Crippen LogP contribution in [0, 0.1) is 5.41 Å². The smallest absolute Gasteiger partial charge is 0.329 e. The summed E-state index contributed by atoms with van der Waals surface area (Å²) in [6, 6.07) is 0.819. The molecule has 0 amide bonds. The third-order valence-corrected chi connectivity index (χ3v) is 3.60. The number of Topliss-reactive ketones (excluding diaryl/α,β-unsaturated/α-hetero) is 1. The van der Waals surface area contributed by atoms with E-state index in [0.29, 0.717) is 12.8 Å². The summed E-state index contributed by atoms with van der Waals surface area (Å²) >= 11 is 0. The van der Waals surface area contributed by atoms with Crippen molar-refractivity contribution in [2.45, 2.75) is 32.9 Å². The third kappa shape index (κ3) is 2.94. The molecule has 1 aromatic heterocycles. The molecule has 0 saturated heterocycles.